The molecule has 9 rings (SSSR count). The van der Waals surface area contributed by atoms with Gasteiger partial charge in [0.05, 0.1) is 28.3 Å². The summed E-state index contributed by atoms with van der Waals surface area (Å²) in [4.78, 5) is 43.2. The molecular formula is C40H32CuN9O3+. The third kappa shape index (κ3) is 5.78. The van der Waals surface area contributed by atoms with E-state index in [4.69, 9.17) is 44.8 Å². The number of ether oxygens (including phenoxy) is 1. The van der Waals surface area contributed by atoms with Gasteiger partial charge in [-0.2, -0.15) is 0 Å². The van der Waals surface area contributed by atoms with E-state index in [-0.39, 0.29) is 29.1 Å². The molecule has 5 heterocycles. The number of aromatic nitrogens is 9. The van der Waals surface area contributed by atoms with E-state index in [9.17, 15) is 9.90 Å². The van der Waals surface area contributed by atoms with E-state index in [2.05, 4.69) is 39.0 Å². The average Bonchev–Trinajstić information content (AvgIpc) is 3.85. The SMILES string of the molecule is CC(C)(COc1ccc2c3nc4nc(nc5[n-]c(nc6n[n+](nc([n-]3)c2c1)-c1ccccc1-6)c1cc(C(C)(C)C)ccc51)-c1ccccc1-4)C(=O)O.[Cu+2]. The molecule has 1 N–H and O–H groups in total. The van der Waals surface area contributed by atoms with Gasteiger partial charge in [0.25, 0.3) is 5.69 Å². The molecule has 2 aliphatic rings. The van der Waals surface area contributed by atoms with E-state index in [1.54, 1.807) is 26.0 Å². The Morgan fingerprint density at radius 2 is 1.23 bits per heavy atom. The molecule has 0 amide bonds. The minimum atomic E-state index is -1.09. The van der Waals surface area contributed by atoms with Crippen molar-refractivity contribution in [2.45, 2.75) is 40.0 Å². The molecule has 0 spiro atoms. The summed E-state index contributed by atoms with van der Waals surface area (Å²) in [6.07, 6.45) is 0. The van der Waals surface area contributed by atoms with Gasteiger partial charge in [-0.25, -0.2) is 4.98 Å². The molecule has 3 aromatic heterocycles. The van der Waals surface area contributed by atoms with Gasteiger partial charge in [-0.05, 0) is 71.3 Å². The number of benzene rings is 4. The standard InChI is InChI=1S/C40H33N9O3.Cu/c1-39(2,3)21-14-16-25-28(18-21)35-44-33(25)42-31-23-10-6-7-11-24(23)32(41-31)43-34-26-17-15-22(52-20-40(4,5)38(50)51)19-29(26)37(45-34)48-49-30-13-9-8-12-27(30)36(46-35)47-49;/h6-19H,20H2,1-5H3,(H2,41,42,43,44,45,46,47,48,50,51);/q;+2/p-1. The number of para-hydroxylation sites is 1. The van der Waals surface area contributed by atoms with Crippen LogP contribution in [-0.2, 0) is 27.3 Å². The molecule has 2 aliphatic heterocycles. The number of hydrogen-bond donors (Lipinski definition) is 1. The fourth-order valence-electron chi connectivity index (χ4n) is 6.33. The maximum Gasteiger partial charge on any atom is 2.00 e. The number of fused-ring (bicyclic) bond motifs is 20. The molecule has 0 atom stereocenters. The minimum absolute atomic E-state index is 0. The molecule has 0 fully saturated rings. The second-order valence-electron chi connectivity index (χ2n) is 14.7. The van der Waals surface area contributed by atoms with Crippen LogP contribution in [0, 0.1) is 5.41 Å². The van der Waals surface area contributed by atoms with Crippen molar-refractivity contribution in [3.63, 3.8) is 0 Å². The molecule has 0 saturated carbocycles. The average molecular weight is 750 g/mol. The van der Waals surface area contributed by atoms with E-state index >= 15 is 0 Å². The first-order valence-electron chi connectivity index (χ1n) is 16.9. The second kappa shape index (κ2) is 12.3. The van der Waals surface area contributed by atoms with Gasteiger partial charge in [0, 0.05) is 49.4 Å². The van der Waals surface area contributed by atoms with Crippen molar-refractivity contribution in [1.29, 1.82) is 0 Å². The molecule has 265 valence electrons. The fraction of sp³-hybridized carbons (Fsp3) is 0.200. The van der Waals surface area contributed by atoms with E-state index in [1.165, 1.54) is 4.80 Å². The number of rotatable bonds is 4. The number of nitrogens with zero attached hydrogens (tertiary/aromatic N) is 9. The number of hydrogen-bond acceptors (Lipinski definition) is 8. The molecule has 1 radical (unpaired) electrons. The molecule has 4 aromatic carbocycles. The van der Waals surface area contributed by atoms with Crippen LogP contribution in [0.3, 0.4) is 0 Å². The largest absolute Gasteiger partial charge is 2.00 e. The minimum Gasteiger partial charge on any atom is -0.492 e. The Morgan fingerprint density at radius 1 is 0.660 bits per heavy atom. The van der Waals surface area contributed by atoms with Crippen LogP contribution < -0.4 is 19.5 Å². The van der Waals surface area contributed by atoms with Crippen molar-refractivity contribution in [3.8, 4) is 45.6 Å². The predicted molar refractivity (Wildman–Crippen MR) is 196 cm³/mol. The zero-order chi connectivity index (χ0) is 35.9. The van der Waals surface area contributed by atoms with Gasteiger partial charge < -0.3 is 34.8 Å². The Balaban J connectivity index is 0.00000400. The first kappa shape index (κ1) is 34.1. The molecule has 13 heteroatoms. The Kier molecular flexibility index (Phi) is 7.90. The summed E-state index contributed by atoms with van der Waals surface area (Å²) < 4.78 is 5.99. The van der Waals surface area contributed by atoms with Gasteiger partial charge in [0.1, 0.15) is 12.4 Å². The Bertz CT molecular complexity index is 2820. The molecule has 0 unspecified atom stereocenters. The number of carbonyl (C=O) groups is 1. The first-order chi connectivity index (χ1) is 24.9. The third-order valence-corrected chi connectivity index (χ3v) is 9.44. The number of carboxylic acid groups (broad SMARTS) is 1. The van der Waals surface area contributed by atoms with Crippen LogP contribution in [0.2, 0.25) is 0 Å². The van der Waals surface area contributed by atoms with E-state index in [0.29, 0.717) is 56.6 Å². The molecule has 12 nitrogen and oxygen atoms in total. The van der Waals surface area contributed by atoms with Crippen LogP contribution in [0.4, 0.5) is 0 Å². The monoisotopic (exact) mass is 749 g/mol. The smallest absolute Gasteiger partial charge is 0.492 e. The van der Waals surface area contributed by atoms with Crippen molar-refractivity contribution >= 4 is 50.1 Å². The van der Waals surface area contributed by atoms with E-state index in [0.717, 1.165) is 38.7 Å². The van der Waals surface area contributed by atoms with Gasteiger partial charge in [-0.15, -0.1) is 0 Å². The zero-order valence-electron chi connectivity index (χ0n) is 29.4. The summed E-state index contributed by atoms with van der Waals surface area (Å²) in [5, 5.41) is 22.5. The quantitative estimate of drug-likeness (QED) is 0.154. The summed E-state index contributed by atoms with van der Waals surface area (Å²) in [6, 6.07) is 27.3. The summed E-state index contributed by atoms with van der Waals surface area (Å²) in [5.41, 5.74) is 4.84. The summed E-state index contributed by atoms with van der Waals surface area (Å²) in [6.45, 7) is 9.73. The number of aliphatic carboxylic acids is 1. The normalized spacial score (nSPS) is 12.3. The Morgan fingerprint density at radius 3 is 1.89 bits per heavy atom. The second-order valence-corrected chi connectivity index (χ2v) is 14.7. The van der Waals surface area contributed by atoms with Crippen molar-refractivity contribution in [2.24, 2.45) is 5.41 Å². The fourth-order valence-corrected chi connectivity index (χ4v) is 6.33. The Hall–Kier alpha value is -6.04. The summed E-state index contributed by atoms with van der Waals surface area (Å²) in [5.74, 6) is 0.908. The molecule has 0 saturated heterocycles. The van der Waals surface area contributed by atoms with Gasteiger partial charge in [0.15, 0.2) is 5.82 Å². The maximum absolute atomic E-state index is 11.8. The number of carboxylic acids is 1. The Labute approximate surface area is 313 Å². The van der Waals surface area contributed by atoms with Crippen LogP contribution >= 0.6 is 0 Å². The van der Waals surface area contributed by atoms with Crippen LogP contribution in [0.15, 0.2) is 84.9 Å². The molecule has 8 bridgehead atoms. The molecule has 7 aromatic rings. The van der Waals surface area contributed by atoms with Crippen LogP contribution in [0.25, 0.3) is 84.0 Å². The molecule has 0 aliphatic carbocycles. The topological polar surface area (TPSA) is 156 Å². The van der Waals surface area contributed by atoms with Crippen molar-refractivity contribution in [2.75, 3.05) is 6.61 Å². The van der Waals surface area contributed by atoms with Crippen molar-refractivity contribution in [3.05, 3.63) is 90.5 Å². The van der Waals surface area contributed by atoms with Crippen molar-refractivity contribution in [1.82, 2.24) is 40.1 Å². The van der Waals surface area contributed by atoms with E-state index in [1.807, 2.05) is 54.6 Å². The van der Waals surface area contributed by atoms with E-state index < -0.39 is 11.4 Å². The third-order valence-electron chi connectivity index (χ3n) is 9.44. The van der Waals surface area contributed by atoms with Crippen molar-refractivity contribution < 1.29 is 36.5 Å². The zero-order valence-corrected chi connectivity index (χ0v) is 30.3. The van der Waals surface area contributed by atoms with Crippen LogP contribution in [-0.4, -0.2) is 47.8 Å². The van der Waals surface area contributed by atoms with Gasteiger partial charge in [-0.3, -0.25) is 4.79 Å². The summed E-state index contributed by atoms with van der Waals surface area (Å²) in [7, 11) is 0. The van der Waals surface area contributed by atoms with Crippen LogP contribution in [0.5, 0.6) is 5.75 Å². The van der Waals surface area contributed by atoms with Gasteiger partial charge >= 0.3 is 23.0 Å². The van der Waals surface area contributed by atoms with Gasteiger partial charge in [-0.1, -0.05) is 74.4 Å². The molecular weight excluding hydrogens is 718 g/mol. The van der Waals surface area contributed by atoms with Gasteiger partial charge in [0.2, 0.25) is 0 Å². The summed E-state index contributed by atoms with van der Waals surface area (Å²) >= 11 is 0. The molecule has 53 heavy (non-hydrogen) atoms. The van der Waals surface area contributed by atoms with Crippen LogP contribution in [0.1, 0.15) is 40.2 Å². The maximum atomic E-state index is 11.8. The predicted octanol–water partition coefficient (Wildman–Crippen LogP) is 6.52. The first-order valence-corrected chi connectivity index (χ1v) is 16.9.